The van der Waals surface area contributed by atoms with Gasteiger partial charge in [0.25, 0.3) is 5.91 Å². The lowest BCUT2D eigenvalue weighted by Crippen LogP contribution is -2.37. The summed E-state index contributed by atoms with van der Waals surface area (Å²) in [7, 11) is 1.26. The Kier molecular flexibility index (Phi) is 6.27. The van der Waals surface area contributed by atoms with Gasteiger partial charge in [-0.1, -0.05) is 11.6 Å². The van der Waals surface area contributed by atoms with Gasteiger partial charge in [0.2, 0.25) is 0 Å². The smallest absolute Gasteiger partial charge is 0.334 e. The van der Waals surface area contributed by atoms with Crippen LogP contribution >= 0.6 is 11.6 Å². The Hall–Kier alpha value is -1.79. The van der Waals surface area contributed by atoms with E-state index in [0.29, 0.717) is 17.4 Å². The molecule has 0 saturated carbocycles. The summed E-state index contributed by atoms with van der Waals surface area (Å²) in [5, 5.41) is 11.7. The molecule has 2 N–H and O–H groups in total. The zero-order valence-electron chi connectivity index (χ0n) is 11.2. The number of carboxylic acid groups (broad SMARTS) is 1. The summed E-state index contributed by atoms with van der Waals surface area (Å²) >= 11 is 5.84. The lowest BCUT2D eigenvalue weighted by atomic mass is 10.2. The van der Waals surface area contributed by atoms with Crippen LogP contribution < -0.4 is 10.1 Å². The Morgan fingerprint density at radius 2 is 2.15 bits per heavy atom. The number of amides is 1. The van der Waals surface area contributed by atoms with E-state index < -0.39 is 18.0 Å². The maximum atomic E-state index is 12.0. The summed E-state index contributed by atoms with van der Waals surface area (Å²) in [5.74, 6) is -1.25. The van der Waals surface area contributed by atoms with Crippen LogP contribution in [0.2, 0.25) is 5.02 Å². The van der Waals surface area contributed by atoms with E-state index in [1.807, 2.05) is 0 Å². The van der Waals surface area contributed by atoms with E-state index in [9.17, 15) is 9.59 Å². The third-order valence-corrected chi connectivity index (χ3v) is 2.73. The van der Waals surface area contributed by atoms with E-state index >= 15 is 0 Å². The molecule has 1 aromatic rings. The summed E-state index contributed by atoms with van der Waals surface area (Å²) in [4.78, 5) is 22.8. The Balaban J connectivity index is 2.79. The summed E-state index contributed by atoms with van der Waals surface area (Å²) in [6, 6.07) is 4.61. The number of carbonyl (C=O) groups is 2. The van der Waals surface area contributed by atoms with Crippen molar-refractivity contribution in [1.82, 2.24) is 5.32 Å². The quantitative estimate of drug-likeness (QED) is 0.798. The van der Waals surface area contributed by atoms with Gasteiger partial charge in [-0.2, -0.15) is 0 Å². The van der Waals surface area contributed by atoms with Gasteiger partial charge in [-0.3, -0.25) is 4.79 Å². The van der Waals surface area contributed by atoms with Crippen LogP contribution in [0.15, 0.2) is 18.2 Å². The van der Waals surface area contributed by atoms with E-state index in [2.05, 4.69) is 5.32 Å². The molecule has 0 aliphatic carbocycles. The average molecular weight is 302 g/mol. The number of hydrogen-bond donors (Lipinski definition) is 2. The van der Waals surface area contributed by atoms with Crippen LogP contribution in [0.25, 0.3) is 0 Å². The molecule has 1 rings (SSSR count). The molecule has 7 heteroatoms. The summed E-state index contributed by atoms with van der Waals surface area (Å²) in [5.41, 5.74) is 0.288. The van der Waals surface area contributed by atoms with E-state index in [1.165, 1.54) is 19.2 Å². The molecule has 0 heterocycles. The highest BCUT2D eigenvalue weighted by Crippen LogP contribution is 2.23. The highest BCUT2D eigenvalue weighted by Gasteiger charge is 2.19. The predicted molar refractivity (Wildman–Crippen MR) is 73.4 cm³/mol. The minimum Gasteiger partial charge on any atom is -0.493 e. The van der Waals surface area contributed by atoms with Crippen LogP contribution in [0.3, 0.4) is 0 Å². The van der Waals surface area contributed by atoms with Crippen LogP contribution in [-0.4, -0.2) is 43.3 Å². The van der Waals surface area contributed by atoms with Crippen LogP contribution in [0.4, 0.5) is 0 Å². The lowest BCUT2D eigenvalue weighted by molar-refractivity contribution is -0.148. The van der Waals surface area contributed by atoms with Crippen LogP contribution in [0.1, 0.15) is 17.3 Å². The van der Waals surface area contributed by atoms with E-state index in [-0.39, 0.29) is 12.1 Å². The average Bonchev–Trinajstić information content (AvgIpc) is 2.39. The highest BCUT2D eigenvalue weighted by atomic mass is 35.5. The molecule has 0 aliphatic rings. The number of benzene rings is 1. The van der Waals surface area contributed by atoms with E-state index in [1.54, 1.807) is 13.0 Å². The number of rotatable bonds is 7. The first-order valence-corrected chi connectivity index (χ1v) is 6.33. The Morgan fingerprint density at radius 1 is 1.45 bits per heavy atom. The maximum Gasteiger partial charge on any atom is 0.334 e. The molecule has 110 valence electrons. The zero-order valence-corrected chi connectivity index (χ0v) is 11.9. The van der Waals surface area contributed by atoms with Crippen molar-refractivity contribution >= 4 is 23.5 Å². The Labute approximate surface area is 121 Å². The molecule has 0 aliphatic heterocycles. The molecule has 1 unspecified atom stereocenters. The van der Waals surface area contributed by atoms with Crippen molar-refractivity contribution in [3.05, 3.63) is 28.8 Å². The molecule has 1 atom stereocenters. The fourth-order valence-electron chi connectivity index (χ4n) is 1.51. The van der Waals surface area contributed by atoms with Gasteiger partial charge >= 0.3 is 5.97 Å². The first kappa shape index (κ1) is 16.3. The number of ether oxygens (including phenoxy) is 2. The second-order valence-corrected chi connectivity index (χ2v) is 4.28. The third kappa shape index (κ3) is 4.40. The van der Waals surface area contributed by atoms with Gasteiger partial charge < -0.3 is 19.9 Å². The predicted octanol–water partition coefficient (Wildman–Crippen LogP) is 1.57. The molecule has 1 aromatic carbocycles. The van der Waals surface area contributed by atoms with Crippen LogP contribution in [0.5, 0.6) is 5.75 Å². The molecule has 6 nitrogen and oxygen atoms in total. The van der Waals surface area contributed by atoms with Gasteiger partial charge in [-0.15, -0.1) is 0 Å². The normalized spacial score (nSPS) is 11.8. The fraction of sp³-hybridized carbons (Fsp3) is 0.385. The first-order valence-electron chi connectivity index (χ1n) is 5.95. The standard InChI is InChI=1S/C13H16ClNO5/c1-3-20-10-6-8(14)4-5-9(10)12(16)15-7-11(19-2)13(17)18/h4-6,11H,3,7H2,1-2H3,(H,15,16)(H,17,18). The fourth-order valence-corrected chi connectivity index (χ4v) is 1.67. The number of methoxy groups -OCH3 is 1. The van der Waals surface area contributed by atoms with Crippen molar-refractivity contribution in [2.75, 3.05) is 20.3 Å². The van der Waals surface area contributed by atoms with Crippen molar-refractivity contribution in [1.29, 1.82) is 0 Å². The van der Waals surface area contributed by atoms with Crippen molar-refractivity contribution in [3.8, 4) is 5.75 Å². The second-order valence-electron chi connectivity index (χ2n) is 3.85. The summed E-state index contributed by atoms with van der Waals surface area (Å²) in [6.45, 7) is 2.03. The monoisotopic (exact) mass is 301 g/mol. The topological polar surface area (TPSA) is 84.9 Å². The van der Waals surface area contributed by atoms with E-state index in [0.717, 1.165) is 0 Å². The minimum absolute atomic E-state index is 0.140. The highest BCUT2D eigenvalue weighted by molar-refractivity contribution is 6.30. The number of aliphatic carboxylic acids is 1. The molecule has 0 aromatic heterocycles. The second kappa shape index (κ2) is 7.72. The molecule has 0 saturated heterocycles. The number of carbonyl (C=O) groups excluding carboxylic acids is 1. The van der Waals surface area contributed by atoms with Gasteiger partial charge in [-0.05, 0) is 25.1 Å². The maximum absolute atomic E-state index is 12.0. The van der Waals surface area contributed by atoms with Crippen molar-refractivity contribution in [2.45, 2.75) is 13.0 Å². The summed E-state index contributed by atoms with van der Waals surface area (Å²) in [6.07, 6.45) is -1.10. The van der Waals surface area contributed by atoms with Gasteiger partial charge in [0, 0.05) is 12.1 Å². The van der Waals surface area contributed by atoms with Crippen LogP contribution in [-0.2, 0) is 9.53 Å². The minimum atomic E-state index is -1.14. The van der Waals surface area contributed by atoms with Gasteiger partial charge in [0.05, 0.1) is 18.7 Å². The molecule has 0 fully saturated rings. The van der Waals surface area contributed by atoms with Gasteiger partial charge in [-0.25, -0.2) is 4.79 Å². The van der Waals surface area contributed by atoms with Crippen molar-refractivity contribution < 1.29 is 24.2 Å². The largest absolute Gasteiger partial charge is 0.493 e. The number of halogens is 1. The van der Waals surface area contributed by atoms with Crippen molar-refractivity contribution in [2.24, 2.45) is 0 Å². The number of hydrogen-bond acceptors (Lipinski definition) is 4. The van der Waals surface area contributed by atoms with Gasteiger partial charge in [0.1, 0.15) is 5.75 Å². The molecule has 0 bridgehead atoms. The SMILES string of the molecule is CCOc1cc(Cl)ccc1C(=O)NCC(OC)C(=O)O. The number of nitrogens with one attached hydrogen (secondary N) is 1. The molecule has 20 heavy (non-hydrogen) atoms. The molecule has 1 amide bonds. The lowest BCUT2D eigenvalue weighted by Gasteiger charge is -2.13. The third-order valence-electron chi connectivity index (χ3n) is 2.50. The molecular formula is C13H16ClNO5. The molecule has 0 radical (unpaired) electrons. The van der Waals surface area contributed by atoms with Crippen molar-refractivity contribution in [3.63, 3.8) is 0 Å². The molecule has 0 spiro atoms. The van der Waals surface area contributed by atoms with Gasteiger partial charge in [0.15, 0.2) is 6.10 Å². The molecular weight excluding hydrogens is 286 g/mol. The van der Waals surface area contributed by atoms with Crippen LogP contribution in [0, 0.1) is 0 Å². The zero-order chi connectivity index (χ0) is 15.1. The number of carboxylic acids is 1. The van der Waals surface area contributed by atoms with E-state index in [4.69, 9.17) is 26.2 Å². The first-order chi connectivity index (χ1) is 9.49. The Bertz CT molecular complexity index is 492. The summed E-state index contributed by atoms with van der Waals surface area (Å²) < 4.78 is 10.1. The Morgan fingerprint density at radius 3 is 2.70 bits per heavy atom.